The van der Waals surface area contributed by atoms with E-state index in [4.69, 9.17) is 11.0 Å². The van der Waals surface area contributed by atoms with Crippen LogP contribution in [0.5, 0.6) is 0 Å². The smallest absolute Gasteiger partial charge is 0.205 e. The summed E-state index contributed by atoms with van der Waals surface area (Å²) in [7, 11) is 0. The molecule has 0 aliphatic rings. The van der Waals surface area contributed by atoms with E-state index in [1.54, 1.807) is 18.2 Å². The molecule has 1 aromatic heterocycles. The van der Waals surface area contributed by atoms with Gasteiger partial charge in [0.2, 0.25) is 5.82 Å². The number of nitrogens with two attached hydrogens (primary N) is 1. The second-order valence-corrected chi connectivity index (χ2v) is 4.12. The van der Waals surface area contributed by atoms with E-state index in [9.17, 15) is 0 Å². The summed E-state index contributed by atoms with van der Waals surface area (Å²) in [6.07, 6.45) is 0. The first kappa shape index (κ1) is 11.9. The van der Waals surface area contributed by atoms with E-state index in [0.717, 1.165) is 5.56 Å². The lowest BCUT2D eigenvalue weighted by Crippen LogP contribution is -2.05. The minimum absolute atomic E-state index is 0.340. The summed E-state index contributed by atoms with van der Waals surface area (Å²) in [4.78, 5) is 1.33. The van der Waals surface area contributed by atoms with Gasteiger partial charge >= 0.3 is 0 Å². The van der Waals surface area contributed by atoms with Gasteiger partial charge in [-0.3, -0.25) is 0 Å². The molecule has 0 saturated heterocycles. The van der Waals surface area contributed by atoms with E-state index in [1.165, 1.54) is 4.80 Å². The van der Waals surface area contributed by atoms with Gasteiger partial charge in [0.1, 0.15) is 11.8 Å². The van der Waals surface area contributed by atoms with Gasteiger partial charge in [0.05, 0.1) is 11.3 Å². The maximum atomic E-state index is 8.98. The molecule has 0 saturated carbocycles. The number of nitriles is 1. The zero-order valence-electron chi connectivity index (χ0n) is 10.4. The summed E-state index contributed by atoms with van der Waals surface area (Å²) in [5, 5.41) is 21.3. The summed E-state index contributed by atoms with van der Waals surface area (Å²) in [6, 6.07) is 16.7. The van der Waals surface area contributed by atoms with Crippen molar-refractivity contribution in [3.63, 3.8) is 0 Å². The van der Waals surface area contributed by atoms with Crippen LogP contribution in [-0.4, -0.2) is 20.2 Å². The van der Waals surface area contributed by atoms with E-state index >= 15 is 0 Å². The molecule has 0 atom stereocenters. The molecule has 2 aromatic carbocycles. The first-order valence-electron chi connectivity index (χ1n) is 5.94. The van der Waals surface area contributed by atoms with Crippen LogP contribution in [0.2, 0.25) is 0 Å². The lowest BCUT2D eigenvalue weighted by Gasteiger charge is -2.03. The third-order valence-corrected chi connectivity index (χ3v) is 2.86. The molecule has 0 radical (unpaired) electrons. The molecule has 0 bridgehead atoms. The summed E-state index contributed by atoms with van der Waals surface area (Å²) in [5.74, 6) is 0.507. The van der Waals surface area contributed by atoms with Crippen LogP contribution in [0.3, 0.4) is 0 Å². The number of hydrogen-bond donors (Lipinski definition) is 1. The van der Waals surface area contributed by atoms with E-state index in [1.807, 2.05) is 36.4 Å². The minimum atomic E-state index is 0.340. The summed E-state index contributed by atoms with van der Waals surface area (Å²) >= 11 is 0. The number of para-hydroxylation sites is 1. The Balaban J connectivity index is 2.06. The highest BCUT2D eigenvalue weighted by Gasteiger charge is 2.11. The van der Waals surface area contributed by atoms with Crippen molar-refractivity contribution in [2.24, 2.45) is 0 Å². The number of tetrazole rings is 1. The van der Waals surface area contributed by atoms with Gasteiger partial charge in [-0.2, -0.15) is 5.26 Å². The highest BCUT2D eigenvalue weighted by molar-refractivity contribution is 5.66. The van der Waals surface area contributed by atoms with Crippen LogP contribution < -0.4 is 5.73 Å². The standard InChI is InChI=1S/C14H10N6/c15-9-11-7-4-8-12(13(11)16)20-18-14(17-19-20)10-5-2-1-3-6-10/h1-8H,16H2. The fourth-order valence-electron chi connectivity index (χ4n) is 1.84. The first-order chi connectivity index (χ1) is 9.79. The van der Waals surface area contributed by atoms with E-state index in [0.29, 0.717) is 22.8 Å². The fraction of sp³-hybridized carbons (Fsp3) is 0. The Kier molecular flexibility index (Phi) is 2.86. The van der Waals surface area contributed by atoms with Gasteiger partial charge in [-0.25, -0.2) is 0 Å². The maximum Gasteiger partial charge on any atom is 0.205 e. The van der Waals surface area contributed by atoms with Gasteiger partial charge < -0.3 is 5.73 Å². The zero-order chi connectivity index (χ0) is 13.9. The monoisotopic (exact) mass is 262 g/mol. The second kappa shape index (κ2) is 4.82. The predicted molar refractivity (Wildman–Crippen MR) is 73.7 cm³/mol. The van der Waals surface area contributed by atoms with Crippen LogP contribution in [0.1, 0.15) is 5.56 Å². The predicted octanol–water partition coefficient (Wildman–Crippen LogP) is 1.78. The van der Waals surface area contributed by atoms with Crippen molar-refractivity contribution < 1.29 is 0 Å². The molecule has 0 aliphatic carbocycles. The van der Waals surface area contributed by atoms with Gasteiger partial charge in [0.15, 0.2) is 0 Å². The number of rotatable bonds is 2. The normalized spacial score (nSPS) is 10.2. The highest BCUT2D eigenvalue weighted by atomic mass is 15.6. The molecule has 0 spiro atoms. The lowest BCUT2D eigenvalue weighted by atomic mass is 10.2. The van der Waals surface area contributed by atoms with Crippen LogP contribution >= 0.6 is 0 Å². The number of nitrogens with zero attached hydrogens (tertiary/aromatic N) is 5. The molecule has 1 heterocycles. The quantitative estimate of drug-likeness (QED) is 0.710. The van der Waals surface area contributed by atoms with Gasteiger partial charge in [0.25, 0.3) is 0 Å². The van der Waals surface area contributed by atoms with Gasteiger partial charge in [-0.1, -0.05) is 36.4 Å². The SMILES string of the molecule is N#Cc1cccc(-n2nnc(-c3ccccc3)n2)c1N. The third kappa shape index (κ3) is 1.97. The Hall–Kier alpha value is -3.20. The van der Waals surface area contributed by atoms with Gasteiger partial charge in [-0.15, -0.1) is 15.0 Å². The minimum Gasteiger partial charge on any atom is -0.396 e. The number of nitrogen functional groups attached to an aromatic ring is 1. The molecule has 0 unspecified atom stereocenters. The Morgan fingerprint density at radius 3 is 2.60 bits per heavy atom. The largest absolute Gasteiger partial charge is 0.396 e. The molecule has 2 N–H and O–H groups in total. The number of benzene rings is 2. The Morgan fingerprint density at radius 2 is 1.85 bits per heavy atom. The van der Waals surface area contributed by atoms with E-state index in [2.05, 4.69) is 15.4 Å². The summed E-state index contributed by atoms with van der Waals surface area (Å²) < 4.78 is 0. The van der Waals surface area contributed by atoms with Crippen molar-refractivity contribution in [1.29, 1.82) is 5.26 Å². The van der Waals surface area contributed by atoms with E-state index in [-0.39, 0.29) is 0 Å². The molecule has 0 aliphatic heterocycles. The second-order valence-electron chi connectivity index (χ2n) is 4.12. The topological polar surface area (TPSA) is 93.4 Å². The number of aromatic nitrogens is 4. The van der Waals surface area contributed by atoms with Crippen LogP contribution in [0.15, 0.2) is 48.5 Å². The van der Waals surface area contributed by atoms with Crippen molar-refractivity contribution in [3.8, 4) is 23.1 Å². The van der Waals surface area contributed by atoms with Crippen LogP contribution in [0.25, 0.3) is 17.1 Å². The van der Waals surface area contributed by atoms with Crippen LogP contribution in [-0.2, 0) is 0 Å². The van der Waals surface area contributed by atoms with Crippen molar-refractivity contribution in [1.82, 2.24) is 20.2 Å². The van der Waals surface area contributed by atoms with Crippen molar-refractivity contribution in [2.75, 3.05) is 5.73 Å². The molecule has 0 amide bonds. The summed E-state index contributed by atoms with van der Waals surface area (Å²) in [6.45, 7) is 0. The van der Waals surface area contributed by atoms with Crippen molar-refractivity contribution in [3.05, 3.63) is 54.1 Å². The van der Waals surface area contributed by atoms with Crippen LogP contribution in [0.4, 0.5) is 5.69 Å². The van der Waals surface area contributed by atoms with Gasteiger partial charge in [0, 0.05) is 5.56 Å². The molecular weight excluding hydrogens is 252 g/mol. The molecule has 96 valence electrons. The van der Waals surface area contributed by atoms with Crippen molar-refractivity contribution >= 4 is 5.69 Å². The first-order valence-corrected chi connectivity index (χ1v) is 5.94. The van der Waals surface area contributed by atoms with Gasteiger partial charge in [-0.05, 0) is 17.3 Å². The Labute approximate surface area is 115 Å². The molecule has 3 aromatic rings. The number of anilines is 1. The number of hydrogen-bond acceptors (Lipinski definition) is 5. The highest BCUT2D eigenvalue weighted by Crippen LogP contribution is 2.20. The Bertz CT molecular complexity index is 785. The van der Waals surface area contributed by atoms with Crippen molar-refractivity contribution in [2.45, 2.75) is 0 Å². The average Bonchev–Trinajstić information content (AvgIpc) is 2.98. The van der Waals surface area contributed by atoms with Crippen LogP contribution in [0, 0.1) is 11.3 Å². The molecular formula is C14H10N6. The average molecular weight is 262 g/mol. The molecule has 20 heavy (non-hydrogen) atoms. The third-order valence-electron chi connectivity index (χ3n) is 2.86. The molecule has 6 nitrogen and oxygen atoms in total. The summed E-state index contributed by atoms with van der Waals surface area (Å²) in [5.41, 5.74) is 8.06. The zero-order valence-corrected chi connectivity index (χ0v) is 10.4. The maximum absolute atomic E-state index is 8.98. The lowest BCUT2D eigenvalue weighted by molar-refractivity contribution is 0.721. The molecule has 6 heteroatoms. The van der Waals surface area contributed by atoms with E-state index < -0.39 is 0 Å². The molecule has 0 fully saturated rings. The fourth-order valence-corrected chi connectivity index (χ4v) is 1.84. The Morgan fingerprint density at radius 1 is 1.05 bits per heavy atom. The molecule has 3 rings (SSSR count).